The molecule has 2 aromatic carbocycles. The lowest BCUT2D eigenvalue weighted by Crippen LogP contribution is -2.25. The summed E-state index contributed by atoms with van der Waals surface area (Å²) in [6, 6.07) is 10.8. The predicted octanol–water partition coefficient (Wildman–Crippen LogP) is 3.59. The molecule has 0 bridgehead atoms. The van der Waals surface area contributed by atoms with Crippen molar-refractivity contribution in [2.45, 2.75) is 25.7 Å². The van der Waals surface area contributed by atoms with Gasteiger partial charge in [0.15, 0.2) is 0 Å². The van der Waals surface area contributed by atoms with Crippen LogP contribution >= 0.6 is 0 Å². The van der Waals surface area contributed by atoms with E-state index >= 15 is 0 Å². The van der Waals surface area contributed by atoms with Gasteiger partial charge in [0.25, 0.3) is 0 Å². The molecule has 0 unspecified atom stereocenters. The normalized spacial score (nSPS) is 14.9. The minimum absolute atomic E-state index is 0.213. The Bertz CT molecular complexity index is 896. The zero-order valence-corrected chi connectivity index (χ0v) is 13.7. The van der Waals surface area contributed by atoms with Crippen LogP contribution in [0.15, 0.2) is 53.7 Å². The monoisotopic (exact) mass is 337 g/mol. The van der Waals surface area contributed by atoms with Gasteiger partial charge < -0.3 is 15.5 Å². The number of phenols is 1. The van der Waals surface area contributed by atoms with Gasteiger partial charge in [-0.2, -0.15) is 0 Å². The number of benzene rings is 2. The molecule has 3 rings (SSSR count). The number of carboxylic acid groups (broad SMARTS) is 1. The van der Waals surface area contributed by atoms with Gasteiger partial charge in [0.2, 0.25) is 5.91 Å². The summed E-state index contributed by atoms with van der Waals surface area (Å²) >= 11 is 0. The molecule has 0 atom stereocenters. The largest absolute Gasteiger partial charge is 0.508 e. The Morgan fingerprint density at radius 2 is 1.72 bits per heavy atom. The van der Waals surface area contributed by atoms with Crippen molar-refractivity contribution in [2.75, 3.05) is 0 Å². The number of hydrogen-bond acceptors (Lipinski definition) is 3. The Balaban J connectivity index is 1.74. The molecule has 0 saturated carbocycles. The fourth-order valence-electron chi connectivity index (χ4n) is 3.00. The summed E-state index contributed by atoms with van der Waals surface area (Å²) in [5, 5.41) is 23.3. The third-order valence-corrected chi connectivity index (χ3v) is 4.28. The molecule has 5 heteroatoms. The van der Waals surface area contributed by atoms with E-state index in [1.807, 2.05) is 24.3 Å². The Labute approximate surface area is 145 Å². The second-order valence-electron chi connectivity index (χ2n) is 6.08. The Morgan fingerprint density at radius 1 is 1.00 bits per heavy atom. The summed E-state index contributed by atoms with van der Waals surface area (Å²) in [6.45, 7) is 0. The van der Waals surface area contributed by atoms with Crippen molar-refractivity contribution in [3.05, 3.63) is 59.3 Å². The van der Waals surface area contributed by atoms with Gasteiger partial charge in [0, 0.05) is 11.8 Å². The minimum atomic E-state index is -0.961. The molecule has 1 aliphatic rings. The number of hydrogen-bond donors (Lipinski definition) is 3. The molecule has 1 aliphatic carbocycles. The van der Waals surface area contributed by atoms with Gasteiger partial charge in [-0.15, -0.1) is 0 Å². The molecule has 3 N–H and O–H groups in total. The van der Waals surface area contributed by atoms with Gasteiger partial charge in [-0.1, -0.05) is 18.2 Å². The van der Waals surface area contributed by atoms with Crippen LogP contribution in [0.1, 0.15) is 31.2 Å². The minimum Gasteiger partial charge on any atom is -0.508 e. The number of nitrogens with one attached hydrogen (secondary N) is 1. The lowest BCUT2D eigenvalue weighted by atomic mass is 9.96. The van der Waals surface area contributed by atoms with Gasteiger partial charge >= 0.3 is 5.97 Å². The smallest absolute Gasteiger partial charge is 0.333 e. The number of aromatic hydroxyl groups is 1. The molecule has 0 spiro atoms. The number of allylic oxidation sites excluding steroid dienone is 1. The van der Waals surface area contributed by atoms with Crippen LogP contribution in [0, 0.1) is 0 Å². The van der Waals surface area contributed by atoms with Crippen LogP contribution in [0.2, 0.25) is 0 Å². The van der Waals surface area contributed by atoms with Crippen molar-refractivity contribution in [3.8, 4) is 5.75 Å². The molecule has 0 aliphatic heterocycles. The zero-order chi connectivity index (χ0) is 17.8. The highest BCUT2D eigenvalue weighted by Gasteiger charge is 2.19. The molecule has 0 heterocycles. The molecule has 128 valence electrons. The van der Waals surface area contributed by atoms with Crippen molar-refractivity contribution in [1.29, 1.82) is 0 Å². The highest BCUT2D eigenvalue weighted by atomic mass is 16.4. The number of amides is 1. The summed E-state index contributed by atoms with van der Waals surface area (Å²) in [5.41, 5.74) is 1.67. The van der Waals surface area contributed by atoms with Gasteiger partial charge in [-0.3, -0.25) is 4.79 Å². The number of phenolic OH excluding ortho intramolecular Hbond substituents is 1. The Kier molecular flexibility index (Phi) is 4.84. The predicted molar refractivity (Wildman–Crippen MR) is 95.9 cm³/mol. The number of fused-ring (bicyclic) bond motifs is 1. The molecular formula is C20H19NO4. The second kappa shape index (κ2) is 7.21. The number of carboxylic acids is 1. The number of rotatable bonds is 4. The van der Waals surface area contributed by atoms with E-state index < -0.39 is 5.97 Å². The Morgan fingerprint density at radius 3 is 2.52 bits per heavy atom. The second-order valence-corrected chi connectivity index (χ2v) is 6.08. The third-order valence-electron chi connectivity index (χ3n) is 4.28. The first-order chi connectivity index (χ1) is 12.0. The maximum Gasteiger partial charge on any atom is 0.333 e. The third kappa shape index (κ3) is 4.07. The van der Waals surface area contributed by atoms with Crippen LogP contribution in [0.5, 0.6) is 5.75 Å². The molecule has 1 amide bonds. The molecule has 0 fully saturated rings. The van der Waals surface area contributed by atoms with Gasteiger partial charge in [-0.05, 0) is 66.3 Å². The highest BCUT2D eigenvalue weighted by molar-refractivity contribution is 5.95. The Hall–Kier alpha value is -3.08. The average molecular weight is 337 g/mol. The van der Waals surface area contributed by atoms with E-state index in [0.717, 1.165) is 29.2 Å². The number of carbonyl (C=O) groups excluding carboxylic acids is 1. The van der Waals surface area contributed by atoms with E-state index in [1.165, 1.54) is 6.08 Å². The zero-order valence-electron chi connectivity index (χ0n) is 13.7. The van der Waals surface area contributed by atoms with Crippen LogP contribution < -0.4 is 5.32 Å². The van der Waals surface area contributed by atoms with E-state index in [9.17, 15) is 19.8 Å². The van der Waals surface area contributed by atoms with Gasteiger partial charge in [-0.25, -0.2) is 4.79 Å². The van der Waals surface area contributed by atoms with Crippen molar-refractivity contribution in [1.82, 2.24) is 5.32 Å². The topological polar surface area (TPSA) is 86.6 Å². The maximum absolute atomic E-state index is 12.1. The van der Waals surface area contributed by atoms with E-state index in [4.69, 9.17) is 0 Å². The van der Waals surface area contributed by atoms with Crippen molar-refractivity contribution >= 4 is 28.7 Å². The summed E-state index contributed by atoms with van der Waals surface area (Å²) in [4.78, 5) is 23.3. The summed E-state index contributed by atoms with van der Waals surface area (Å²) in [5.74, 6) is -1.08. The lowest BCUT2D eigenvalue weighted by Gasteiger charge is -2.17. The van der Waals surface area contributed by atoms with Gasteiger partial charge in [0.1, 0.15) is 5.75 Å². The fraction of sp³-hybridized carbons (Fsp3) is 0.200. The molecule has 0 aromatic heterocycles. The standard InChI is InChI=1S/C20H19NO4/c22-16-9-8-14-11-13(5-7-15(14)12-16)6-10-19(23)21-18-4-2-1-3-17(18)20(24)25/h5-12,22H,1-4H2,(H,21,23)(H,24,25)/b10-6+. The van der Waals surface area contributed by atoms with Crippen LogP contribution in [0.4, 0.5) is 0 Å². The van der Waals surface area contributed by atoms with Crippen molar-refractivity contribution in [3.63, 3.8) is 0 Å². The summed E-state index contributed by atoms with van der Waals surface area (Å²) in [6.07, 6.45) is 5.89. The molecule has 0 radical (unpaired) electrons. The van der Waals surface area contributed by atoms with E-state index in [2.05, 4.69) is 5.32 Å². The molecule has 2 aromatic rings. The fourth-order valence-corrected chi connectivity index (χ4v) is 3.00. The summed E-state index contributed by atoms with van der Waals surface area (Å²) < 4.78 is 0. The lowest BCUT2D eigenvalue weighted by molar-refractivity contribution is -0.133. The first-order valence-electron chi connectivity index (χ1n) is 8.20. The highest BCUT2D eigenvalue weighted by Crippen LogP contribution is 2.23. The number of aliphatic carboxylic acids is 1. The maximum atomic E-state index is 12.1. The molecular weight excluding hydrogens is 318 g/mol. The van der Waals surface area contributed by atoms with E-state index in [1.54, 1.807) is 18.2 Å². The van der Waals surface area contributed by atoms with Crippen molar-refractivity contribution < 1.29 is 19.8 Å². The van der Waals surface area contributed by atoms with Gasteiger partial charge in [0.05, 0.1) is 5.57 Å². The molecule has 25 heavy (non-hydrogen) atoms. The first-order valence-corrected chi connectivity index (χ1v) is 8.20. The van der Waals surface area contributed by atoms with E-state index in [0.29, 0.717) is 24.1 Å². The summed E-state index contributed by atoms with van der Waals surface area (Å²) in [7, 11) is 0. The molecule has 5 nitrogen and oxygen atoms in total. The van der Waals surface area contributed by atoms with Crippen LogP contribution in [0.25, 0.3) is 16.8 Å². The number of carbonyl (C=O) groups is 2. The molecule has 0 saturated heterocycles. The van der Waals surface area contributed by atoms with E-state index in [-0.39, 0.29) is 11.7 Å². The average Bonchev–Trinajstić information content (AvgIpc) is 2.60. The van der Waals surface area contributed by atoms with Crippen LogP contribution in [-0.4, -0.2) is 22.1 Å². The van der Waals surface area contributed by atoms with Crippen LogP contribution in [-0.2, 0) is 9.59 Å². The SMILES string of the molecule is O=C(/C=C/c1ccc2cc(O)ccc2c1)NC1=C(C(=O)O)CCCC1. The van der Waals surface area contributed by atoms with Crippen molar-refractivity contribution in [2.24, 2.45) is 0 Å². The van der Waals surface area contributed by atoms with Crippen LogP contribution in [0.3, 0.4) is 0 Å². The first kappa shape index (κ1) is 16.8. The quantitative estimate of drug-likeness (QED) is 0.744.